The molecule has 1 aliphatic carbocycles. The van der Waals surface area contributed by atoms with Crippen molar-refractivity contribution in [1.82, 2.24) is 4.98 Å². The molecule has 0 radical (unpaired) electrons. The van der Waals surface area contributed by atoms with E-state index in [4.69, 9.17) is 0 Å². The first-order chi connectivity index (χ1) is 8.48. The Morgan fingerprint density at radius 2 is 2.33 bits per heavy atom. The number of rotatable bonds is 2. The van der Waals surface area contributed by atoms with Crippen molar-refractivity contribution in [1.29, 1.82) is 0 Å². The summed E-state index contributed by atoms with van der Waals surface area (Å²) in [6.45, 7) is 0. The first-order valence-corrected chi connectivity index (χ1v) is 6.56. The zero-order valence-corrected chi connectivity index (χ0v) is 11.2. The van der Waals surface area contributed by atoms with Gasteiger partial charge in [0.1, 0.15) is 5.82 Å². The second kappa shape index (κ2) is 5.30. The standard InChI is InChI=1S/C12H13BrF2N2O/c13-9-4-2-6-16-10(9)17-11(18)8-3-1-5-12(14,15)7-8/h2,4,6,8H,1,3,5,7H2,(H,16,17,18). The van der Waals surface area contributed by atoms with Gasteiger partial charge in [0.2, 0.25) is 11.8 Å². The molecule has 0 aliphatic heterocycles. The molecule has 0 spiro atoms. The number of amides is 1. The summed E-state index contributed by atoms with van der Waals surface area (Å²) in [5, 5.41) is 2.59. The van der Waals surface area contributed by atoms with Crippen molar-refractivity contribution in [3.05, 3.63) is 22.8 Å². The number of anilines is 1. The highest BCUT2D eigenvalue weighted by Gasteiger charge is 2.39. The summed E-state index contributed by atoms with van der Waals surface area (Å²) in [6, 6.07) is 3.45. The quantitative estimate of drug-likeness (QED) is 0.905. The number of aromatic nitrogens is 1. The largest absolute Gasteiger partial charge is 0.310 e. The van der Waals surface area contributed by atoms with Gasteiger partial charge in [0, 0.05) is 25.0 Å². The van der Waals surface area contributed by atoms with Gasteiger partial charge in [0.05, 0.1) is 4.47 Å². The first kappa shape index (κ1) is 13.4. The van der Waals surface area contributed by atoms with Crippen molar-refractivity contribution in [2.45, 2.75) is 31.6 Å². The van der Waals surface area contributed by atoms with E-state index in [0.717, 1.165) is 0 Å². The van der Waals surface area contributed by atoms with Crippen LogP contribution < -0.4 is 5.32 Å². The molecule has 1 aromatic rings. The number of carbonyl (C=O) groups is 1. The van der Waals surface area contributed by atoms with Gasteiger partial charge in [0.15, 0.2) is 0 Å². The Morgan fingerprint density at radius 3 is 3.00 bits per heavy atom. The van der Waals surface area contributed by atoms with Crippen LogP contribution in [0.4, 0.5) is 14.6 Å². The minimum Gasteiger partial charge on any atom is -0.310 e. The first-order valence-electron chi connectivity index (χ1n) is 5.77. The maximum Gasteiger partial charge on any atom is 0.248 e. The van der Waals surface area contributed by atoms with Crippen LogP contribution in [-0.4, -0.2) is 16.8 Å². The lowest BCUT2D eigenvalue weighted by Gasteiger charge is -2.27. The Morgan fingerprint density at radius 1 is 1.56 bits per heavy atom. The minimum atomic E-state index is -2.72. The molecular weight excluding hydrogens is 306 g/mol. The van der Waals surface area contributed by atoms with Crippen LogP contribution in [0.1, 0.15) is 25.7 Å². The van der Waals surface area contributed by atoms with E-state index in [1.165, 1.54) is 6.20 Å². The highest BCUT2D eigenvalue weighted by atomic mass is 79.9. The molecule has 0 bridgehead atoms. The van der Waals surface area contributed by atoms with Crippen molar-refractivity contribution in [3.8, 4) is 0 Å². The third kappa shape index (κ3) is 3.25. The van der Waals surface area contributed by atoms with Crippen LogP contribution in [0, 0.1) is 5.92 Å². The topological polar surface area (TPSA) is 42.0 Å². The van der Waals surface area contributed by atoms with Crippen LogP contribution in [0.3, 0.4) is 0 Å². The zero-order valence-electron chi connectivity index (χ0n) is 9.63. The molecule has 1 atom stereocenters. The van der Waals surface area contributed by atoms with Gasteiger partial charge in [-0.25, -0.2) is 13.8 Å². The summed E-state index contributed by atoms with van der Waals surface area (Å²) in [4.78, 5) is 15.9. The Labute approximate surface area is 112 Å². The van der Waals surface area contributed by atoms with E-state index in [9.17, 15) is 13.6 Å². The Kier molecular flexibility index (Phi) is 3.94. The highest BCUT2D eigenvalue weighted by Crippen LogP contribution is 2.37. The predicted molar refractivity (Wildman–Crippen MR) is 67.5 cm³/mol. The molecule has 1 fully saturated rings. The lowest BCUT2D eigenvalue weighted by atomic mass is 9.86. The molecule has 1 N–H and O–H groups in total. The minimum absolute atomic E-state index is 0.121. The number of nitrogens with zero attached hydrogens (tertiary/aromatic N) is 1. The molecule has 1 aliphatic rings. The normalized spacial score (nSPS) is 22.5. The van der Waals surface area contributed by atoms with Gasteiger partial charge in [-0.1, -0.05) is 0 Å². The van der Waals surface area contributed by atoms with E-state index in [-0.39, 0.29) is 18.7 Å². The van der Waals surface area contributed by atoms with Gasteiger partial charge in [-0.2, -0.15) is 0 Å². The van der Waals surface area contributed by atoms with Crippen LogP contribution in [-0.2, 0) is 4.79 Å². The van der Waals surface area contributed by atoms with Gasteiger partial charge in [-0.15, -0.1) is 0 Å². The average Bonchev–Trinajstić information content (AvgIpc) is 2.31. The van der Waals surface area contributed by atoms with E-state index >= 15 is 0 Å². The molecule has 1 saturated carbocycles. The fourth-order valence-electron chi connectivity index (χ4n) is 2.09. The molecule has 1 amide bonds. The van der Waals surface area contributed by atoms with Crippen LogP contribution in [0.5, 0.6) is 0 Å². The third-order valence-electron chi connectivity index (χ3n) is 3.01. The molecule has 6 heteroatoms. The predicted octanol–water partition coefficient (Wildman–Crippen LogP) is 3.61. The SMILES string of the molecule is O=C(Nc1ncccc1Br)C1CCCC(F)(F)C1. The van der Waals surface area contributed by atoms with Crippen LogP contribution >= 0.6 is 15.9 Å². The van der Waals surface area contributed by atoms with E-state index in [2.05, 4.69) is 26.2 Å². The number of halogens is 3. The van der Waals surface area contributed by atoms with Crippen LogP contribution in [0.2, 0.25) is 0 Å². The maximum absolute atomic E-state index is 13.2. The van der Waals surface area contributed by atoms with Gasteiger partial charge >= 0.3 is 0 Å². The number of pyridine rings is 1. The van der Waals surface area contributed by atoms with Gasteiger partial charge in [-0.3, -0.25) is 4.79 Å². The molecule has 1 aromatic heterocycles. The van der Waals surface area contributed by atoms with Crippen molar-refractivity contribution in [2.75, 3.05) is 5.32 Å². The molecule has 1 unspecified atom stereocenters. The number of alkyl halides is 2. The fourth-order valence-corrected chi connectivity index (χ4v) is 2.45. The Balaban J connectivity index is 2.02. The summed E-state index contributed by atoms with van der Waals surface area (Å²) in [6.07, 6.45) is 1.93. The molecule has 0 aromatic carbocycles. The molecule has 0 saturated heterocycles. The monoisotopic (exact) mass is 318 g/mol. The van der Waals surface area contributed by atoms with E-state index < -0.39 is 11.8 Å². The van der Waals surface area contributed by atoms with Crippen molar-refractivity contribution < 1.29 is 13.6 Å². The number of hydrogen-bond acceptors (Lipinski definition) is 2. The summed E-state index contributed by atoms with van der Waals surface area (Å²) in [5.41, 5.74) is 0. The summed E-state index contributed by atoms with van der Waals surface area (Å²) < 4.78 is 27.1. The van der Waals surface area contributed by atoms with Crippen molar-refractivity contribution >= 4 is 27.7 Å². The lowest BCUT2D eigenvalue weighted by molar-refractivity contribution is -0.127. The maximum atomic E-state index is 13.2. The van der Waals surface area contributed by atoms with Gasteiger partial charge < -0.3 is 5.32 Å². The van der Waals surface area contributed by atoms with E-state index in [1.807, 2.05) is 0 Å². The lowest BCUT2D eigenvalue weighted by Crippen LogP contribution is -2.33. The average molecular weight is 319 g/mol. The Hall–Kier alpha value is -1.04. The zero-order chi connectivity index (χ0) is 13.2. The molecule has 3 nitrogen and oxygen atoms in total. The van der Waals surface area contributed by atoms with Crippen LogP contribution in [0.25, 0.3) is 0 Å². The van der Waals surface area contributed by atoms with Gasteiger partial charge in [0.25, 0.3) is 0 Å². The van der Waals surface area contributed by atoms with Crippen LogP contribution in [0.15, 0.2) is 22.8 Å². The van der Waals surface area contributed by atoms with E-state index in [1.54, 1.807) is 12.1 Å². The smallest absolute Gasteiger partial charge is 0.248 e. The van der Waals surface area contributed by atoms with Crippen molar-refractivity contribution in [2.24, 2.45) is 5.92 Å². The molecular formula is C12H13BrF2N2O. The molecule has 18 heavy (non-hydrogen) atoms. The van der Waals surface area contributed by atoms with E-state index in [0.29, 0.717) is 23.1 Å². The summed E-state index contributed by atoms with van der Waals surface area (Å²) >= 11 is 3.25. The summed E-state index contributed by atoms with van der Waals surface area (Å²) in [5.74, 6) is -3.37. The Bertz CT molecular complexity index is 453. The molecule has 98 valence electrons. The molecule has 1 heterocycles. The molecule has 2 rings (SSSR count). The number of hydrogen-bond donors (Lipinski definition) is 1. The number of carbonyl (C=O) groups excluding carboxylic acids is 1. The van der Waals surface area contributed by atoms with Crippen molar-refractivity contribution in [3.63, 3.8) is 0 Å². The summed E-state index contributed by atoms with van der Waals surface area (Å²) in [7, 11) is 0. The fraction of sp³-hybridized carbons (Fsp3) is 0.500. The van der Waals surface area contributed by atoms with Gasteiger partial charge in [-0.05, 0) is 40.9 Å². The third-order valence-corrected chi connectivity index (χ3v) is 3.65. The highest BCUT2D eigenvalue weighted by molar-refractivity contribution is 9.10. The number of nitrogens with one attached hydrogen (secondary N) is 1. The second-order valence-corrected chi connectivity index (χ2v) is 5.33. The second-order valence-electron chi connectivity index (χ2n) is 4.47.